The van der Waals surface area contributed by atoms with Crippen LogP contribution in [0.25, 0.3) is 0 Å². The van der Waals surface area contributed by atoms with Crippen molar-refractivity contribution < 1.29 is 9.90 Å². The number of carbonyl (C=O) groups is 1. The van der Waals surface area contributed by atoms with Crippen LogP contribution in [0.2, 0.25) is 5.02 Å². The topological polar surface area (TPSA) is 61.4 Å². The third kappa shape index (κ3) is 4.98. The zero-order valence-corrected chi connectivity index (χ0v) is 12.7. The maximum atomic E-state index is 11.7. The summed E-state index contributed by atoms with van der Waals surface area (Å²) in [7, 11) is 0. The van der Waals surface area contributed by atoms with Gasteiger partial charge in [0.05, 0.1) is 6.10 Å². The fourth-order valence-corrected chi connectivity index (χ4v) is 3.03. The molecule has 110 valence electrons. The fraction of sp³-hybridized carbons (Fsp3) is 0.500. The van der Waals surface area contributed by atoms with Crippen molar-refractivity contribution in [2.75, 3.05) is 25.4 Å². The van der Waals surface area contributed by atoms with Crippen molar-refractivity contribution >= 4 is 29.3 Å². The number of hydrogen-bond donors (Lipinski definition) is 3. The molecule has 0 bridgehead atoms. The molecule has 0 aliphatic carbocycles. The van der Waals surface area contributed by atoms with Gasteiger partial charge in [0.1, 0.15) is 0 Å². The number of thioether (sulfide) groups is 1. The van der Waals surface area contributed by atoms with Crippen LogP contribution < -0.4 is 10.6 Å². The summed E-state index contributed by atoms with van der Waals surface area (Å²) in [5, 5.41) is 16.3. The summed E-state index contributed by atoms with van der Waals surface area (Å²) in [6.07, 6.45) is 0.127. The smallest absolute Gasteiger partial charge is 0.220 e. The number of aliphatic hydroxyl groups is 1. The largest absolute Gasteiger partial charge is 0.391 e. The molecular formula is C14H19ClN2O2S. The van der Waals surface area contributed by atoms with Gasteiger partial charge in [0, 0.05) is 47.6 Å². The van der Waals surface area contributed by atoms with Crippen LogP contribution >= 0.6 is 23.4 Å². The molecule has 0 spiro atoms. The molecule has 1 aromatic rings. The van der Waals surface area contributed by atoms with E-state index in [9.17, 15) is 9.90 Å². The van der Waals surface area contributed by atoms with E-state index in [2.05, 4.69) is 10.6 Å². The third-order valence-corrected chi connectivity index (χ3v) is 4.54. The molecule has 1 saturated heterocycles. The van der Waals surface area contributed by atoms with Crippen LogP contribution in [-0.4, -0.2) is 42.5 Å². The molecule has 2 unspecified atom stereocenters. The van der Waals surface area contributed by atoms with E-state index in [1.807, 2.05) is 24.3 Å². The number of nitrogens with one attached hydrogen (secondary N) is 2. The van der Waals surface area contributed by atoms with Crippen molar-refractivity contribution in [2.24, 2.45) is 5.92 Å². The van der Waals surface area contributed by atoms with Crippen LogP contribution in [0.4, 0.5) is 0 Å². The maximum absolute atomic E-state index is 11.7. The summed E-state index contributed by atoms with van der Waals surface area (Å²) in [4.78, 5) is 12.8. The van der Waals surface area contributed by atoms with E-state index in [-0.39, 0.29) is 17.9 Å². The molecule has 2 atom stereocenters. The Morgan fingerprint density at radius 1 is 1.40 bits per heavy atom. The Morgan fingerprint density at radius 2 is 2.15 bits per heavy atom. The molecule has 1 heterocycles. The summed E-state index contributed by atoms with van der Waals surface area (Å²) < 4.78 is 0. The van der Waals surface area contributed by atoms with Gasteiger partial charge >= 0.3 is 0 Å². The first kappa shape index (κ1) is 15.6. The van der Waals surface area contributed by atoms with Crippen LogP contribution in [0.3, 0.4) is 0 Å². The first-order valence-electron chi connectivity index (χ1n) is 6.69. The normalized spacial score (nSPS) is 21.9. The highest BCUT2D eigenvalue weighted by atomic mass is 35.5. The monoisotopic (exact) mass is 314 g/mol. The zero-order chi connectivity index (χ0) is 14.4. The van der Waals surface area contributed by atoms with Crippen LogP contribution in [0, 0.1) is 5.92 Å². The van der Waals surface area contributed by atoms with E-state index in [0.29, 0.717) is 19.5 Å². The predicted molar refractivity (Wildman–Crippen MR) is 82.2 cm³/mol. The number of hydrogen-bond acceptors (Lipinski definition) is 4. The third-order valence-electron chi connectivity index (χ3n) is 3.28. The summed E-state index contributed by atoms with van der Waals surface area (Å²) in [5.74, 6) is 0.896. The lowest BCUT2D eigenvalue weighted by atomic mass is 10.1. The maximum Gasteiger partial charge on any atom is 0.220 e. The zero-order valence-electron chi connectivity index (χ0n) is 11.1. The Balaban J connectivity index is 1.61. The summed E-state index contributed by atoms with van der Waals surface area (Å²) in [6, 6.07) is 7.59. The lowest BCUT2D eigenvalue weighted by molar-refractivity contribution is -0.120. The van der Waals surface area contributed by atoms with E-state index in [1.165, 1.54) is 0 Å². The molecule has 1 fully saturated rings. The molecule has 4 nitrogen and oxygen atoms in total. The van der Waals surface area contributed by atoms with Gasteiger partial charge in [-0.05, 0) is 24.3 Å². The van der Waals surface area contributed by atoms with Crippen molar-refractivity contribution in [3.63, 3.8) is 0 Å². The van der Waals surface area contributed by atoms with Crippen molar-refractivity contribution in [3.8, 4) is 0 Å². The summed E-state index contributed by atoms with van der Waals surface area (Å²) in [5.41, 5.74) is 0. The Hall–Kier alpha value is -0.750. The van der Waals surface area contributed by atoms with E-state index in [4.69, 9.17) is 11.6 Å². The minimum absolute atomic E-state index is 0.0329. The molecule has 20 heavy (non-hydrogen) atoms. The second-order valence-corrected chi connectivity index (χ2v) is 6.45. The second-order valence-electron chi connectivity index (χ2n) is 4.84. The first-order chi connectivity index (χ1) is 9.65. The molecule has 0 aromatic heterocycles. The van der Waals surface area contributed by atoms with Gasteiger partial charge < -0.3 is 15.7 Å². The molecule has 6 heteroatoms. The van der Waals surface area contributed by atoms with Gasteiger partial charge in [-0.15, -0.1) is 11.8 Å². The van der Waals surface area contributed by atoms with Gasteiger partial charge in [0.25, 0.3) is 0 Å². The standard InChI is InChI=1S/C14H19ClN2O2S/c15-11-1-3-12(4-2-11)20-6-5-14(19)17-8-10-7-16-9-13(10)18/h1-4,10,13,16,18H,5-9H2,(H,17,19). The molecule has 1 aromatic carbocycles. The number of benzene rings is 1. The number of amides is 1. The number of carbonyl (C=O) groups excluding carboxylic acids is 1. The highest BCUT2D eigenvalue weighted by Gasteiger charge is 2.24. The number of rotatable bonds is 6. The molecule has 1 aliphatic rings. The van der Waals surface area contributed by atoms with Crippen molar-refractivity contribution in [3.05, 3.63) is 29.3 Å². The first-order valence-corrected chi connectivity index (χ1v) is 8.05. The highest BCUT2D eigenvalue weighted by molar-refractivity contribution is 7.99. The average Bonchev–Trinajstić information content (AvgIpc) is 2.84. The average molecular weight is 315 g/mol. The molecule has 0 saturated carbocycles. The van der Waals surface area contributed by atoms with Crippen LogP contribution in [0.1, 0.15) is 6.42 Å². The summed E-state index contributed by atoms with van der Waals surface area (Å²) in [6.45, 7) is 1.92. The molecule has 1 aliphatic heterocycles. The van der Waals surface area contributed by atoms with Crippen LogP contribution in [0.15, 0.2) is 29.2 Å². The van der Waals surface area contributed by atoms with Gasteiger partial charge in [-0.2, -0.15) is 0 Å². The Bertz CT molecular complexity index is 441. The van der Waals surface area contributed by atoms with E-state index >= 15 is 0 Å². The molecule has 2 rings (SSSR count). The van der Waals surface area contributed by atoms with Gasteiger partial charge in [-0.25, -0.2) is 0 Å². The van der Waals surface area contributed by atoms with Crippen molar-refractivity contribution in [2.45, 2.75) is 17.4 Å². The molecular weight excluding hydrogens is 296 g/mol. The van der Waals surface area contributed by atoms with Gasteiger partial charge in [0.15, 0.2) is 0 Å². The van der Waals surface area contributed by atoms with Gasteiger partial charge in [-0.1, -0.05) is 11.6 Å². The number of β-amino-alcohol motifs (C(OH)–C–C–N with tert-alkyl or cyclic N) is 1. The fourth-order valence-electron chi connectivity index (χ4n) is 2.05. The Morgan fingerprint density at radius 3 is 2.80 bits per heavy atom. The molecule has 0 radical (unpaired) electrons. The molecule has 1 amide bonds. The minimum Gasteiger partial charge on any atom is -0.391 e. The van der Waals surface area contributed by atoms with E-state index < -0.39 is 0 Å². The lowest BCUT2D eigenvalue weighted by Crippen LogP contribution is -2.34. The number of aliphatic hydroxyl groups excluding tert-OH is 1. The van der Waals surface area contributed by atoms with Crippen molar-refractivity contribution in [1.82, 2.24) is 10.6 Å². The van der Waals surface area contributed by atoms with Crippen molar-refractivity contribution in [1.29, 1.82) is 0 Å². The summed E-state index contributed by atoms with van der Waals surface area (Å²) >= 11 is 7.45. The molecule has 3 N–H and O–H groups in total. The Kier molecular flexibility index (Phi) is 6.16. The Labute approximate surface area is 128 Å². The van der Waals surface area contributed by atoms with Gasteiger partial charge in [-0.3, -0.25) is 4.79 Å². The van der Waals surface area contributed by atoms with E-state index in [1.54, 1.807) is 11.8 Å². The highest BCUT2D eigenvalue weighted by Crippen LogP contribution is 2.20. The van der Waals surface area contributed by atoms with Crippen LogP contribution in [0.5, 0.6) is 0 Å². The van der Waals surface area contributed by atoms with Crippen LogP contribution in [-0.2, 0) is 4.79 Å². The lowest BCUT2D eigenvalue weighted by Gasteiger charge is -2.13. The number of halogens is 1. The SMILES string of the molecule is O=C(CCSc1ccc(Cl)cc1)NCC1CNCC1O. The predicted octanol–water partition coefficient (Wildman–Crippen LogP) is 1.52. The quantitative estimate of drug-likeness (QED) is 0.697. The van der Waals surface area contributed by atoms with E-state index in [0.717, 1.165) is 22.2 Å². The van der Waals surface area contributed by atoms with Gasteiger partial charge in [0.2, 0.25) is 5.91 Å². The second kappa shape index (κ2) is 7.88. The minimum atomic E-state index is -0.348.